The number of aliphatic hydroxyl groups excluding tert-OH is 1. The molecule has 0 saturated heterocycles. The summed E-state index contributed by atoms with van der Waals surface area (Å²) in [6.07, 6.45) is -0.114. The van der Waals surface area contributed by atoms with Gasteiger partial charge in [-0.15, -0.1) is 0 Å². The minimum absolute atomic E-state index is 0.00299. The Morgan fingerprint density at radius 2 is 1.84 bits per heavy atom. The number of primary amides is 1. The Balaban J connectivity index is 4.37. The van der Waals surface area contributed by atoms with Gasteiger partial charge in [0.25, 0.3) is 0 Å². The van der Waals surface area contributed by atoms with E-state index in [2.05, 4.69) is 5.32 Å². The van der Waals surface area contributed by atoms with Gasteiger partial charge in [0.05, 0.1) is 0 Å². The van der Waals surface area contributed by atoms with Gasteiger partial charge in [-0.25, -0.2) is 0 Å². The third kappa shape index (κ3) is 7.56. The Morgan fingerprint density at radius 1 is 1.26 bits per heavy atom. The van der Waals surface area contributed by atoms with Gasteiger partial charge in [-0.3, -0.25) is 14.4 Å². The molecular weight excluding hydrogens is 248 g/mol. The molecule has 110 valence electrons. The monoisotopic (exact) mass is 272 g/mol. The third-order valence-electron chi connectivity index (χ3n) is 2.76. The summed E-state index contributed by atoms with van der Waals surface area (Å²) in [5, 5.41) is 12.0. The molecule has 0 unspecified atom stereocenters. The van der Waals surface area contributed by atoms with Crippen LogP contribution in [0.3, 0.4) is 0 Å². The summed E-state index contributed by atoms with van der Waals surface area (Å²) in [4.78, 5) is 34.0. The summed E-state index contributed by atoms with van der Waals surface area (Å²) < 4.78 is 0. The van der Waals surface area contributed by atoms with Gasteiger partial charge in [0, 0.05) is 12.8 Å². The van der Waals surface area contributed by atoms with Crippen LogP contribution in [0.2, 0.25) is 0 Å². The van der Waals surface area contributed by atoms with E-state index in [1.807, 2.05) is 13.8 Å². The smallest absolute Gasteiger partial charge is 0.249 e. The highest BCUT2D eigenvalue weighted by atomic mass is 16.3. The zero-order valence-electron chi connectivity index (χ0n) is 11.8. The average Bonchev–Trinajstić information content (AvgIpc) is 2.32. The van der Waals surface area contributed by atoms with Crippen LogP contribution in [0.15, 0.2) is 0 Å². The standard InChI is InChI=1S/C13H24N2O4/c1-4-9(16)5-6-10(12(14)18)15-13(19)11(17)7-8(2)3/h8,10-11,17H,4-7H2,1-3H3,(H2,14,18)(H,15,19)/t10-,11+/m0/s1. The zero-order chi connectivity index (χ0) is 15.0. The lowest BCUT2D eigenvalue weighted by atomic mass is 10.0. The Kier molecular flexibility index (Phi) is 7.98. The molecule has 0 aromatic rings. The molecule has 2 amide bonds. The number of ketones is 1. The largest absolute Gasteiger partial charge is 0.383 e. The van der Waals surface area contributed by atoms with E-state index in [1.165, 1.54) is 0 Å². The van der Waals surface area contributed by atoms with Crippen LogP contribution in [-0.2, 0) is 14.4 Å². The van der Waals surface area contributed by atoms with E-state index in [1.54, 1.807) is 6.92 Å². The van der Waals surface area contributed by atoms with Crippen molar-refractivity contribution in [2.45, 2.75) is 58.6 Å². The molecule has 0 fully saturated rings. The molecule has 6 nitrogen and oxygen atoms in total. The van der Waals surface area contributed by atoms with Crippen LogP contribution in [0, 0.1) is 5.92 Å². The molecule has 4 N–H and O–H groups in total. The highest BCUT2D eigenvalue weighted by Crippen LogP contribution is 2.06. The maximum atomic E-state index is 11.7. The number of aliphatic hydroxyl groups is 1. The van der Waals surface area contributed by atoms with Gasteiger partial charge in [-0.05, 0) is 18.8 Å². The van der Waals surface area contributed by atoms with E-state index in [4.69, 9.17) is 5.73 Å². The van der Waals surface area contributed by atoms with Gasteiger partial charge >= 0.3 is 0 Å². The number of nitrogens with two attached hydrogens (primary N) is 1. The lowest BCUT2D eigenvalue weighted by Gasteiger charge is -2.18. The first kappa shape index (κ1) is 17.6. The first-order chi connectivity index (χ1) is 8.77. The second-order valence-corrected chi connectivity index (χ2v) is 5.04. The molecule has 0 aliphatic heterocycles. The maximum Gasteiger partial charge on any atom is 0.249 e. The predicted molar refractivity (Wildman–Crippen MR) is 71.1 cm³/mol. The molecule has 0 aliphatic rings. The predicted octanol–water partition coefficient (Wildman–Crippen LogP) is 0.123. The van der Waals surface area contributed by atoms with Crippen molar-refractivity contribution < 1.29 is 19.5 Å². The maximum absolute atomic E-state index is 11.7. The van der Waals surface area contributed by atoms with Crippen LogP contribution >= 0.6 is 0 Å². The molecule has 0 radical (unpaired) electrons. The molecule has 0 saturated carbocycles. The van der Waals surface area contributed by atoms with Crippen LogP contribution in [0.1, 0.15) is 46.5 Å². The number of hydrogen-bond donors (Lipinski definition) is 3. The number of rotatable bonds is 9. The second kappa shape index (κ2) is 8.63. The first-order valence-electron chi connectivity index (χ1n) is 6.57. The molecule has 0 aliphatic carbocycles. The molecule has 0 aromatic heterocycles. The summed E-state index contributed by atoms with van der Waals surface area (Å²) in [7, 11) is 0. The summed E-state index contributed by atoms with van der Waals surface area (Å²) in [6, 6.07) is -0.912. The molecule has 2 atom stereocenters. The van der Waals surface area contributed by atoms with Gasteiger partial charge in [0.1, 0.15) is 17.9 Å². The zero-order valence-corrected chi connectivity index (χ0v) is 11.8. The van der Waals surface area contributed by atoms with Crippen molar-refractivity contribution in [1.82, 2.24) is 5.32 Å². The Hall–Kier alpha value is -1.43. The van der Waals surface area contributed by atoms with Gasteiger partial charge < -0.3 is 16.2 Å². The lowest BCUT2D eigenvalue weighted by Crippen LogP contribution is -2.48. The lowest BCUT2D eigenvalue weighted by molar-refractivity contribution is -0.134. The molecule has 6 heteroatoms. The normalized spacial score (nSPS) is 13.9. The average molecular weight is 272 g/mol. The molecule has 0 rings (SSSR count). The number of carbonyl (C=O) groups excluding carboxylic acids is 3. The number of Topliss-reactive ketones (excluding diaryl/α,β-unsaturated/α-hetero) is 1. The molecule has 0 heterocycles. The number of amides is 2. The third-order valence-corrected chi connectivity index (χ3v) is 2.76. The van der Waals surface area contributed by atoms with Crippen LogP contribution in [-0.4, -0.2) is 34.8 Å². The fourth-order valence-electron chi connectivity index (χ4n) is 1.59. The Bertz CT molecular complexity index is 329. The molecule has 0 aromatic carbocycles. The quantitative estimate of drug-likeness (QED) is 0.554. The number of carbonyl (C=O) groups is 3. The van der Waals surface area contributed by atoms with E-state index in [0.29, 0.717) is 12.8 Å². The van der Waals surface area contributed by atoms with Crippen LogP contribution in [0.5, 0.6) is 0 Å². The van der Waals surface area contributed by atoms with E-state index in [-0.39, 0.29) is 24.5 Å². The van der Waals surface area contributed by atoms with Crippen molar-refractivity contribution in [2.75, 3.05) is 0 Å². The fourth-order valence-corrected chi connectivity index (χ4v) is 1.59. The minimum Gasteiger partial charge on any atom is -0.383 e. The summed E-state index contributed by atoms with van der Waals surface area (Å²) in [5.74, 6) is -1.16. The first-order valence-corrected chi connectivity index (χ1v) is 6.57. The van der Waals surface area contributed by atoms with Crippen molar-refractivity contribution >= 4 is 17.6 Å². The minimum atomic E-state index is -1.16. The SMILES string of the molecule is CCC(=O)CC[C@H](NC(=O)[C@H](O)CC(C)C)C(N)=O. The molecule has 19 heavy (non-hydrogen) atoms. The van der Waals surface area contributed by atoms with E-state index in [9.17, 15) is 19.5 Å². The number of hydrogen-bond acceptors (Lipinski definition) is 4. The molecule has 0 spiro atoms. The van der Waals surface area contributed by atoms with Gasteiger partial charge in [-0.2, -0.15) is 0 Å². The highest BCUT2D eigenvalue weighted by Gasteiger charge is 2.23. The van der Waals surface area contributed by atoms with Gasteiger partial charge in [0.2, 0.25) is 11.8 Å². The summed E-state index contributed by atoms with van der Waals surface area (Å²) in [6.45, 7) is 5.48. The van der Waals surface area contributed by atoms with Crippen LogP contribution < -0.4 is 11.1 Å². The van der Waals surface area contributed by atoms with E-state index >= 15 is 0 Å². The van der Waals surface area contributed by atoms with Gasteiger partial charge in [-0.1, -0.05) is 20.8 Å². The summed E-state index contributed by atoms with van der Waals surface area (Å²) >= 11 is 0. The van der Waals surface area contributed by atoms with Gasteiger partial charge in [0.15, 0.2) is 0 Å². The van der Waals surface area contributed by atoms with Crippen molar-refractivity contribution in [1.29, 1.82) is 0 Å². The fraction of sp³-hybridized carbons (Fsp3) is 0.769. The topological polar surface area (TPSA) is 109 Å². The van der Waals surface area contributed by atoms with E-state index in [0.717, 1.165) is 0 Å². The van der Waals surface area contributed by atoms with Crippen LogP contribution in [0.25, 0.3) is 0 Å². The molecule has 0 bridgehead atoms. The summed E-state index contributed by atoms with van der Waals surface area (Å²) in [5.41, 5.74) is 5.17. The second-order valence-electron chi connectivity index (χ2n) is 5.04. The van der Waals surface area contributed by atoms with Crippen molar-refractivity contribution in [3.63, 3.8) is 0 Å². The van der Waals surface area contributed by atoms with Crippen molar-refractivity contribution in [3.05, 3.63) is 0 Å². The Labute approximate surface area is 113 Å². The number of nitrogens with one attached hydrogen (secondary N) is 1. The highest BCUT2D eigenvalue weighted by molar-refractivity contribution is 5.89. The van der Waals surface area contributed by atoms with Crippen molar-refractivity contribution in [3.8, 4) is 0 Å². The molecular formula is C13H24N2O4. The van der Waals surface area contributed by atoms with Crippen molar-refractivity contribution in [2.24, 2.45) is 11.7 Å². The van der Waals surface area contributed by atoms with E-state index < -0.39 is 24.0 Å². The van der Waals surface area contributed by atoms with Crippen LogP contribution in [0.4, 0.5) is 0 Å². The Morgan fingerprint density at radius 3 is 2.26 bits per heavy atom.